The van der Waals surface area contributed by atoms with Gasteiger partial charge in [-0.25, -0.2) is 4.98 Å². The Labute approximate surface area is 170 Å². The highest BCUT2D eigenvalue weighted by Crippen LogP contribution is 2.22. The second-order valence-corrected chi connectivity index (χ2v) is 7.49. The Morgan fingerprint density at radius 1 is 1.18 bits per heavy atom. The number of carbonyl (C=O) groups is 1. The van der Waals surface area contributed by atoms with Crippen molar-refractivity contribution in [2.45, 2.75) is 26.2 Å². The lowest BCUT2D eigenvalue weighted by molar-refractivity contribution is -0.115. The summed E-state index contributed by atoms with van der Waals surface area (Å²) in [4.78, 5) is 16.7. The molecule has 2 aromatic carbocycles. The number of hydrogen-bond acceptors (Lipinski definition) is 4. The second kappa shape index (κ2) is 7.98. The monoisotopic (exact) mass is 438 g/mol. The summed E-state index contributed by atoms with van der Waals surface area (Å²) in [7, 11) is 0. The maximum absolute atomic E-state index is 12.3. The normalized spacial score (nSPS) is 11.1. The molecule has 1 amide bonds. The van der Waals surface area contributed by atoms with Gasteiger partial charge in [0.2, 0.25) is 11.8 Å². The average molecular weight is 439 g/mol. The van der Waals surface area contributed by atoms with Crippen LogP contribution in [-0.4, -0.2) is 20.6 Å². The Morgan fingerprint density at radius 2 is 2.00 bits per heavy atom. The lowest BCUT2D eigenvalue weighted by Gasteiger charge is -2.06. The van der Waals surface area contributed by atoms with Crippen molar-refractivity contribution in [3.05, 3.63) is 70.6 Å². The van der Waals surface area contributed by atoms with Gasteiger partial charge >= 0.3 is 0 Å². The number of nitrogens with one attached hydrogen (secondary N) is 1. The van der Waals surface area contributed by atoms with Crippen LogP contribution in [0.2, 0.25) is 0 Å². The van der Waals surface area contributed by atoms with Crippen LogP contribution in [0.1, 0.15) is 24.6 Å². The van der Waals surface area contributed by atoms with Crippen LogP contribution in [0.4, 0.5) is 5.88 Å². The first-order valence-corrected chi connectivity index (χ1v) is 9.89. The molecule has 0 aliphatic carbocycles. The van der Waals surface area contributed by atoms with Crippen LogP contribution in [0.5, 0.6) is 0 Å². The standard InChI is InChI=1S/C21H19BrN4O2/c1-2-3-16-12-21(28-25-16)24-20(27)10-14-4-7-17(8-5-14)26-13-23-18-11-15(22)6-9-19(18)26/h4-9,11-13H,2-3,10H2,1H3,(H,24,27). The van der Waals surface area contributed by atoms with E-state index in [0.717, 1.165) is 45.3 Å². The number of hydrogen-bond donors (Lipinski definition) is 1. The molecule has 1 N–H and O–H groups in total. The van der Waals surface area contributed by atoms with Gasteiger partial charge in [0.15, 0.2) is 0 Å². The summed E-state index contributed by atoms with van der Waals surface area (Å²) in [5, 5.41) is 6.69. The van der Waals surface area contributed by atoms with E-state index < -0.39 is 0 Å². The average Bonchev–Trinajstić information content (AvgIpc) is 3.29. The van der Waals surface area contributed by atoms with Crippen LogP contribution in [0, 0.1) is 0 Å². The Hall–Kier alpha value is -2.93. The van der Waals surface area contributed by atoms with Crippen molar-refractivity contribution in [3.63, 3.8) is 0 Å². The fraction of sp³-hybridized carbons (Fsp3) is 0.190. The molecule has 0 spiro atoms. The van der Waals surface area contributed by atoms with Crippen LogP contribution in [-0.2, 0) is 17.6 Å². The van der Waals surface area contributed by atoms with E-state index >= 15 is 0 Å². The Bertz CT molecular complexity index is 1120. The molecule has 0 bridgehead atoms. The third-order valence-corrected chi connectivity index (χ3v) is 4.91. The minimum Gasteiger partial charge on any atom is -0.338 e. The zero-order valence-electron chi connectivity index (χ0n) is 15.4. The fourth-order valence-corrected chi connectivity index (χ4v) is 3.43. The van der Waals surface area contributed by atoms with Gasteiger partial charge in [0, 0.05) is 16.2 Å². The first-order valence-electron chi connectivity index (χ1n) is 9.10. The number of amides is 1. The molecule has 142 valence electrons. The smallest absolute Gasteiger partial charge is 0.231 e. The number of aryl methyl sites for hydroxylation is 1. The number of anilines is 1. The molecule has 7 heteroatoms. The van der Waals surface area contributed by atoms with Crippen molar-refractivity contribution in [1.29, 1.82) is 0 Å². The SMILES string of the molecule is CCCc1cc(NC(=O)Cc2ccc(-n3cnc4cc(Br)ccc43)cc2)on1. The van der Waals surface area contributed by atoms with E-state index in [1.54, 1.807) is 12.4 Å². The third kappa shape index (κ3) is 3.99. The van der Waals surface area contributed by atoms with Crippen molar-refractivity contribution in [1.82, 2.24) is 14.7 Å². The van der Waals surface area contributed by atoms with Crippen LogP contribution >= 0.6 is 15.9 Å². The van der Waals surface area contributed by atoms with Crippen molar-refractivity contribution in [2.24, 2.45) is 0 Å². The van der Waals surface area contributed by atoms with E-state index in [4.69, 9.17) is 4.52 Å². The van der Waals surface area contributed by atoms with Crippen LogP contribution < -0.4 is 5.32 Å². The van der Waals surface area contributed by atoms with E-state index in [1.807, 2.05) is 47.0 Å². The van der Waals surface area contributed by atoms with E-state index in [-0.39, 0.29) is 12.3 Å². The van der Waals surface area contributed by atoms with E-state index in [0.29, 0.717) is 5.88 Å². The number of carbonyl (C=O) groups excluding carboxylic acids is 1. The maximum atomic E-state index is 12.3. The van der Waals surface area contributed by atoms with Crippen molar-refractivity contribution >= 4 is 38.8 Å². The topological polar surface area (TPSA) is 73.0 Å². The quantitative estimate of drug-likeness (QED) is 0.464. The number of rotatable bonds is 6. The molecule has 0 atom stereocenters. The molecular formula is C21H19BrN4O2. The summed E-state index contributed by atoms with van der Waals surface area (Å²) < 4.78 is 8.17. The first kappa shape index (κ1) is 18.4. The molecule has 0 radical (unpaired) electrons. The largest absolute Gasteiger partial charge is 0.338 e. The zero-order valence-corrected chi connectivity index (χ0v) is 16.9. The number of aromatic nitrogens is 3. The highest BCUT2D eigenvalue weighted by molar-refractivity contribution is 9.10. The molecule has 4 rings (SSSR count). The summed E-state index contributed by atoms with van der Waals surface area (Å²) in [5.74, 6) is 0.256. The zero-order chi connectivity index (χ0) is 19.5. The van der Waals surface area contributed by atoms with Gasteiger partial charge in [0.25, 0.3) is 0 Å². The molecule has 2 aromatic heterocycles. The molecule has 4 aromatic rings. The number of benzene rings is 2. The van der Waals surface area contributed by atoms with Gasteiger partial charge in [-0.1, -0.05) is 46.6 Å². The van der Waals surface area contributed by atoms with Gasteiger partial charge in [0.05, 0.1) is 23.1 Å². The number of halogens is 1. The van der Waals surface area contributed by atoms with Crippen molar-refractivity contribution in [3.8, 4) is 5.69 Å². The summed E-state index contributed by atoms with van der Waals surface area (Å²) in [5.41, 5.74) is 4.71. The van der Waals surface area contributed by atoms with Gasteiger partial charge < -0.3 is 4.52 Å². The predicted octanol–water partition coefficient (Wildman–Crippen LogP) is 4.91. The predicted molar refractivity (Wildman–Crippen MR) is 112 cm³/mol. The van der Waals surface area contributed by atoms with Crippen LogP contribution in [0.3, 0.4) is 0 Å². The molecule has 0 saturated carbocycles. The lowest BCUT2D eigenvalue weighted by Crippen LogP contribution is -2.13. The summed E-state index contributed by atoms with van der Waals surface area (Å²) in [6.07, 6.45) is 3.88. The summed E-state index contributed by atoms with van der Waals surface area (Å²) in [6, 6.07) is 15.6. The van der Waals surface area contributed by atoms with Crippen molar-refractivity contribution in [2.75, 3.05) is 5.32 Å². The van der Waals surface area contributed by atoms with Crippen molar-refractivity contribution < 1.29 is 9.32 Å². The second-order valence-electron chi connectivity index (χ2n) is 6.57. The minimum absolute atomic E-state index is 0.134. The lowest BCUT2D eigenvalue weighted by atomic mass is 10.1. The fourth-order valence-electron chi connectivity index (χ4n) is 3.08. The van der Waals surface area contributed by atoms with Gasteiger partial charge in [-0.3, -0.25) is 14.7 Å². The minimum atomic E-state index is -0.134. The Balaban J connectivity index is 1.44. The highest BCUT2D eigenvalue weighted by atomic mass is 79.9. The number of imidazole rings is 1. The highest BCUT2D eigenvalue weighted by Gasteiger charge is 2.10. The number of nitrogens with zero attached hydrogens (tertiary/aromatic N) is 3. The molecule has 28 heavy (non-hydrogen) atoms. The van der Waals surface area contributed by atoms with Gasteiger partial charge in [0.1, 0.15) is 6.33 Å². The Kier molecular flexibility index (Phi) is 5.25. The summed E-state index contributed by atoms with van der Waals surface area (Å²) >= 11 is 3.47. The molecule has 0 aliphatic heterocycles. The molecular weight excluding hydrogens is 420 g/mol. The van der Waals surface area contributed by atoms with E-state index in [9.17, 15) is 4.79 Å². The van der Waals surface area contributed by atoms with E-state index in [2.05, 4.69) is 38.3 Å². The Morgan fingerprint density at radius 3 is 2.79 bits per heavy atom. The molecule has 0 aliphatic rings. The van der Waals surface area contributed by atoms with Gasteiger partial charge in [-0.05, 0) is 42.3 Å². The molecule has 2 heterocycles. The molecule has 0 unspecified atom stereocenters. The first-order chi connectivity index (χ1) is 13.6. The van der Waals surface area contributed by atoms with E-state index in [1.165, 1.54) is 0 Å². The summed E-state index contributed by atoms with van der Waals surface area (Å²) in [6.45, 7) is 2.07. The number of fused-ring (bicyclic) bond motifs is 1. The third-order valence-electron chi connectivity index (χ3n) is 4.42. The molecule has 0 fully saturated rings. The van der Waals surface area contributed by atoms with Gasteiger partial charge in [-0.2, -0.15) is 0 Å². The van der Waals surface area contributed by atoms with Crippen LogP contribution in [0.15, 0.2) is 63.9 Å². The van der Waals surface area contributed by atoms with Gasteiger partial charge in [-0.15, -0.1) is 0 Å². The molecule has 6 nitrogen and oxygen atoms in total. The maximum Gasteiger partial charge on any atom is 0.231 e. The van der Waals surface area contributed by atoms with Crippen LogP contribution in [0.25, 0.3) is 16.7 Å². The molecule has 0 saturated heterocycles.